The maximum Gasteiger partial charge on any atom is 0.318 e. The van der Waals surface area contributed by atoms with Crippen molar-refractivity contribution >= 4 is 23.0 Å². The van der Waals surface area contributed by atoms with E-state index in [1.54, 1.807) is 48.8 Å². The van der Waals surface area contributed by atoms with E-state index < -0.39 is 23.8 Å². The fourth-order valence-corrected chi connectivity index (χ4v) is 3.07. The highest BCUT2D eigenvalue weighted by atomic mass is 16.5. The van der Waals surface area contributed by atoms with Gasteiger partial charge in [-0.25, -0.2) is 4.98 Å². The Kier molecular flexibility index (Phi) is 4.38. The van der Waals surface area contributed by atoms with Gasteiger partial charge in [-0.2, -0.15) is 0 Å². The van der Waals surface area contributed by atoms with Gasteiger partial charge in [-0.1, -0.05) is 30.3 Å². The van der Waals surface area contributed by atoms with Gasteiger partial charge in [0.2, 0.25) is 0 Å². The van der Waals surface area contributed by atoms with Gasteiger partial charge in [-0.3, -0.25) is 9.59 Å². The van der Waals surface area contributed by atoms with Crippen LogP contribution in [0.25, 0.3) is 11.0 Å². The molecular weight excluding hydrogens is 324 g/mol. The summed E-state index contributed by atoms with van der Waals surface area (Å²) in [5.41, 5.74) is 1.61. The van der Waals surface area contributed by atoms with Gasteiger partial charge in [-0.05, 0) is 17.2 Å². The van der Waals surface area contributed by atoms with Gasteiger partial charge in [0.1, 0.15) is 11.4 Å². The van der Waals surface area contributed by atoms with Crippen molar-refractivity contribution in [2.45, 2.75) is 5.92 Å². The van der Waals surface area contributed by atoms with Crippen molar-refractivity contribution < 1.29 is 24.5 Å². The Bertz CT molecular complexity index is 906. The second-order valence-electron chi connectivity index (χ2n) is 5.52. The standard InChI is InChI=1S/C18H16N2O5/c1-25-12-7-8-19-16-14(12)11(9-20-16)13(10-5-3-2-4-6-10)15(17(21)22)18(23)24/h2-9,13,15H,1H3,(H,19,20)(H,21,22)(H,23,24)/t13-/m0/s1. The van der Waals surface area contributed by atoms with Crippen molar-refractivity contribution in [3.05, 3.63) is 59.9 Å². The summed E-state index contributed by atoms with van der Waals surface area (Å²) < 4.78 is 5.36. The topological polar surface area (TPSA) is 113 Å². The van der Waals surface area contributed by atoms with Crippen molar-refractivity contribution in [1.29, 1.82) is 0 Å². The maximum absolute atomic E-state index is 11.7. The third-order valence-corrected chi connectivity index (χ3v) is 4.14. The summed E-state index contributed by atoms with van der Waals surface area (Å²) in [6.45, 7) is 0. The van der Waals surface area contributed by atoms with Crippen LogP contribution < -0.4 is 4.74 Å². The number of ether oxygens (including phenoxy) is 1. The molecule has 3 rings (SSSR count). The second kappa shape index (κ2) is 6.64. The summed E-state index contributed by atoms with van der Waals surface area (Å²) in [7, 11) is 1.49. The highest BCUT2D eigenvalue weighted by molar-refractivity contribution is 5.96. The summed E-state index contributed by atoms with van der Waals surface area (Å²) in [5, 5.41) is 19.6. The van der Waals surface area contributed by atoms with E-state index in [4.69, 9.17) is 4.74 Å². The summed E-state index contributed by atoms with van der Waals surface area (Å²) in [6, 6.07) is 10.4. The largest absolute Gasteiger partial charge is 0.496 e. The second-order valence-corrected chi connectivity index (χ2v) is 5.52. The molecule has 0 unspecified atom stereocenters. The van der Waals surface area contributed by atoms with E-state index in [9.17, 15) is 19.8 Å². The van der Waals surface area contributed by atoms with Crippen LogP contribution in [0.4, 0.5) is 0 Å². The van der Waals surface area contributed by atoms with Crippen molar-refractivity contribution in [2.24, 2.45) is 5.92 Å². The summed E-state index contributed by atoms with van der Waals surface area (Å²) in [6.07, 6.45) is 3.15. The van der Waals surface area contributed by atoms with Crippen LogP contribution in [-0.2, 0) is 9.59 Å². The van der Waals surface area contributed by atoms with Crippen molar-refractivity contribution in [2.75, 3.05) is 7.11 Å². The number of hydrogen-bond acceptors (Lipinski definition) is 4. The fraction of sp³-hybridized carbons (Fsp3) is 0.167. The molecule has 0 bridgehead atoms. The van der Waals surface area contributed by atoms with Crippen LogP contribution in [0.2, 0.25) is 0 Å². The number of benzene rings is 1. The zero-order chi connectivity index (χ0) is 18.0. The first-order chi connectivity index (χ1) is 12.0. The first kappa shape index (κ1) is 16.5. The number of H-pyrrole nitrogens is 1. The molecule has 2 aromatic heterocycles. The van der Waals surface area contributed by atoms with E-state index in [0.29, 0.717) is 27.9 Å². The molecule has 25 heavy (non-hydrogen) atoms. The van der Waals surface area contributed by atoms with Crippen molar-refractivity contribution in [3.8, 4) is 5.75 Å². The van der Waals surface area contributed by atoms with Crippen molar-refractivity contribution in [3.63, 3.8) is 0 Å². The van der Waals surface area contributed by atoms with E-state index in [1.807, 2.05) is 0 Å². The predicted molar refractivity (Wildman–Crippen MR) is 89.7 cm³/mol. The molecule has 0 fully saturated rings. The van der Waals surface area contributed by atoms with Crippen LogP contribution in [0.3, 0.4) is 0 Å². The number of fused-ring (bicyclic) bond motifs is 1. The SMILES string of the molecule is COc1ccnc2[nH]cc([C@H](c3ccccc3)C(C(=O)O)C(=O)O)c12. The number of aromatic nitrogens is 2. The first-order valence-electron chi connectivity index (χ1n) is 7.55. The van der Waals surface area contributed by atoms with Gasteiger partial charge in [0.05, 0.1) is 12.5 Å². The molecule has 128 valence electrons. The normalized spacial score (nSPS) is 12.2. The molecule has 0 amide bonds. The molecule has 0 saturated carbocycles. The van der Waals surface area contributed by atoms with Gasteiger partial charge in [-0.15, -0.1) is 0 Å². The van der Waals surface area contributed by atoms with E-state index in [2.05, 4.69) is 9.97 Å². The number of aromatic amines is 1. The molecule has 3 N–H and O–H groups in total. The van der Waals surface area contributed by atoms with E-state index in [1.165, 1.54) is 7.11 Å². The molecule has 7 nitrogen and oxygen atoms in total. The monoisotopic (exact) mass is 340 g/mol. The summed E-state index contributed by atoms with van der Waals surface area (Å²) in [5.74, 6) is -4.86. The van der Waals surface area contributed by atoms with Gasteiger partial charge < -0.3 is 19.9 Å². The van der Waals surface area contributed by atoms with Crippen LogP contribution in [0.1, 0.15) is 17.0 Å². The molecule has 0 aliphatic carbocycles. The summed E-state index contributed by atoms with van der Waals surface area (Å²) >= 11 is 0. The predicted octanol–water partition coefficient (Wildman–Crippen LogP) is 2.49. The van der Waals surface area contributed by atoms with E-state index in [-0.39, 0.29) is 0 Å². The quantitative estimate of drug-likeness (QED) is 0.594. The Morgan fingerprint density at radius 3 is 2.40 bits per heavy atom. The molecule has 2 heterocycles. The zero-order valence-electron chi connectivity index (χ0n) is 13.3. The lowest BCUT2D eigenvalue weighted by atomic mass is 9.80. The number of carboxylic acids is 2. The molecule has 0 saturated heterocycles. The lowest BCUT2D eigenvalue weighted by Gasteiger charge is -2.21. The van der Waals surface area contributed by atoms with Gasteiger partial charge in [0.25, 0.3) is 0 Å². The minimum absolute atomic E-state index is 0.497. The third-order valence-electron chi connectivity index (χ3n) is 4.14. The number of nitrogens with zero attached hydrogens (tertiary/aromatic N) is 1. The minimum Gasteiger partial charge on any atom is -0.496 e. The number of aliphatic carboxylic acids is 2. The Morgan fingerprint density at radius 2 is 1.80 bits per heavy atom. The Labute approximate surface area is 142 Å². The Morgan fingerprint density at radius 1 is 1.12 bits per heavy atom. The molecular formula is C18H16N2O5. The molecule has 0 aliphatic heterocycles. The lowest BCUT2D eigenvalue weighted by Crippen LogP contribution is -2.30. The van der Waals surface area contributed by atoms with Crippen LogP contribution in [0.5, 0.6) is 5.75 Å². The molecule has 0 aliphatic rings. The Hall–Kier alpha value is -3.35. The van der Waals surface area contributed by atoms with Crippen LogP contribution in [-0.4, -0.2) is 39.2 Å². The fourth-order valence-electron chi connectivity index (χ4n) is 3.07. The lowest BCUT2D eigenvalue weighted by molar-refractivity contribution is -0.155. The number of rotatable bonds is 6. The smallest absolute Gasteiger partial charge is 0.318 e. The Balaban J connectivity index is 2.29. The van der Waals surface area contributed by atoms with E-state index in [0.717, 1.165) is 0 Å². The number of pyridine rings is 1. The summed E-state index contributed by atoms with van der Waals surface area (Å²) in [4.78, 5) is 30.6. The molecule has 3 aromatic rings. The van der Waals surface area contributed by atoms with Gasteiger partial charge in [0.15, 0.2) is 5.92 Å². The number of carboxylic acid groups (broad SMARTS) is 2. The number of nitrogens with one attached hydrogen (secondary N) is 1. The number of hydrogen-bond donors (Lipinski definition) is 3. The van der Waals surface area contributed by atoms with Crippen molar-refractivity contribution in [1.82, 2.24) is 9.97 Å². The highest BCUT2D eigenvalue weighted by Crippen LogP contribution is 2.39. The minimum atomic E-state index is -1.65. The number of carbonyl (C=O) groups is 2. The molecule has 0 spiro atoms. The average Bonchev–Trinajstić information content (AvgIpc) is 3.03. The van der Waals surface area contributed by atoms with E-state index >= 15 is 0 Å². The first-order valence-corrected chi connectivity index (χ1v) is 7.55. The zero-order valence-corrected chi connectivity index (χ0v) is 13.3. The highest BCUT2D eigenvalue weighted by Gasteiger charge is 2.38. The molecule has 0 radical (unpaired) electrons. The molecule has 7 heteroatoms. The number of methoxy groups -OCH3 is 1. The maximum atomic E-state index is 11.7. The third kappa shape index (κ3) is 2.91. The van der Waals surface area contributed by atoms with Crippen LogP contribution in [0.15, 0.2) is 48.8 Å². The van der Waals surface area contributed by atoms with Crippen LogP contribution >= 0.6 is 0 Å². The van der Waals surface area contributed by atoms with Crippen LogP contribution in [0, 0.1) is 5.92 Å². The van der Waals surface area contributed by atoms with Gasteiger partial charge >= 0.3 is 11.9 Å². The van der Waals surface area contributed by atoms with Gasteiger partial charge in [0, 0.05) is 18.3 Å². The molecule has 1 atom stereocenters. The molecule has 1 aromatic carbocycles. The average molecular weight is 340 g/mol.